The van der Waals surface area contributed by atoms with Crippen molar-refractivity contribution in [3.05, 3.63) is 0 Å². The number of carboxylic acid groups (broad SMARTS) is 2. The first-order chi connectivity index (χ1) is 26.9. The van der Waals surface area contributed by atoms with E-state index in [2.05, 4.69) is 24.5 Å². The zero-order valence-electron chi connectivity index (χ0n) is 35.0. The van der Waals surface area contributed by atoms with Crippen molar-refractivity contribution in [2.45, 2.75) is 162 Å². The van der Waals surface area contributed by atoms with E-state index in [1.54, 1.807) is 0 Å². The van der Waals surface area contributed by atoms with Crippen LogP contribution in [0.4, 0.5) is 0 Å². The van der Waals surface area contributed by atoms with E-state index in [1.165, 1.54) is 65.2 Å². The highest BCUT2D eigenvalue weighted by Crippen LogP contribution is 2.11. The highest BCUT2D eigenvalue weighted by Gasteiger charge is 2.20. The Morgan fingerprint density at radius 2 is 1.05 bits per heavy atom. The average Bonchev–Trinajstić information content (AvgIpc) is 3.15. The summed E-state index contributed by atoms with van der Waals surface area (Å²) in [5.41, 5.74) is 0. The second-order valence-corrected chi connectivity index (χ2v) is 13.4. The molecule has 1 atom stereocenters. The molecule has 15 nitrogen and oxygen atoms in total. The molecule has 0 bridgehead atoms. The van der Waals surface area contributed by atoms with Gasteiger partial charge in [-0.1, -0.05) is 90.9 Å². The van der Waals surface area contributed by atoms with Gasteiger partial charge in [-0.2, -0.15) is 0 Å². The van der Waals surface area contributed by atoms with Crippen molar-refractivity contribution < 1.29 is 62.7 Å². The van der Waals surface area contributed by atoms with Gasteiger partial charge in [0, 0.05) is 38.8 Å². The molecule has 0 fully saturated rings. The van der Waals surface area contributed by atoms with Crippen molar-refractivity contribution in [1.82, 2.24) is 10.6 Å². The molecule has 0 aliphatic rings. The van der Waals surface area contributed by atoms with Crippen LogP contribution in [-0.4, -0.2) is 117 Å². The van der Waals surface area contributed by atoms with Gasteiger partial charge in [-0.15, -0.1) is 0 Å². The zero-order valence-corrected chi connectivity index (χ0v) is 35.0. The topological polar surface area (TPSA) is 221 Å². The SMILES string of the molecule is CC=O.CCCCCCC(=O)N[C@@H](CCC(=O)CCCOCCOCC(=O)NCCOCCOCC(C)=O)C(=O)O.CCCCCCCCCCCCC(=O)O. The Morgan fingerprint density at radius 1 is 0.571 bits per heavy atom. The number of ether oxygens (including phenoxy) is 4. The molecule has 0 spiro atoms. The number of carboxylic acids is 2. The molecule has 0 unspecified atom stereocenters. The van der Waals surface area contributed by atoms with Crippen LogP contribution in [0.5, 0.6) is 0 Å². The molecular weight excluding hydrogens is 728 g/mol. The van der Waals surface area contributed by atoms with Crippen LogP contribution in [-0.2, 0) is 52.5 Å². The Balaban J connectivity index is -0.00000129. The number of nitrogens with one attached hydrogen (secondary N) is 2. The van der Waals surface area contributed by atoms with Gasteiger partial charge in [0.1, 0.15) is 31.3 Å². The summed E-state index contributed by atoms with van der Waals surface area (Å²) >= 11 is 0. The maximum Gasteiger partial charge on any atom is 0.326 e. The lowest BCUT2D eigenvalue weighted by atomic mass is 10.1. The molecule has 0 heterocycles. The lowest BCUT2D eigenvalue weighted by Crippen LogP contribution is -2.41. The fourth-order valence-electron chi connectivity index (χ4n) is 4.94. The van der Waals surface area contributed by atoms with Gasteiger partial charge in [-0.3, -0.25) is 24.0 Å². The minimum absolute atomic E-state index is 0.0481. The Morgan fingerprint density at radius 3 is 1.59 bits per heavy atom. The Bertz CT molecular complexity index is 995. The molecule has 0 aliphatic carbocycles. The average molecular weight is 805 g/mol. The van der Waals surface area contributed by atoms with Crippen LogP contribution < -0.4 is 10.6 Å². The molecule has 0 aromatic carbocycles. The number of hydrogen-bond acceptors (Lipinski definition) is 11. The summed E-state index contributed by atoms with van der Waals surface area (Å²) in [6.07, 6.45) is 18.6. The molecule has 56 heavy (non-hydrogen) atoms. The van der Waals surface area contributed by atoms with Crippen molar-refractivity contribution in [3.8, 4) is 0 Å². The van der Waals surface area contributed by atoms with Gasteiger partial charge in [-0.05, 0) is 39.5 Å². The number of aliphatic carboxylic acids is 2. The number of rotatable bonds is 38. The number of Topliss-reactive ketones (excluding diaryl/α,β-unsaturated/α-hetero) is 2. The Hall–Kier alpha value is -3.27. The van der Waals surface area contributed by atoms with Gasteiger partial charge in [0.05, 0.1) is 33.0 Å². The summed E-state index contributed by atoms with van der Waals surface area (Å²) in [5, 5.41) is 22.9. The summed E-state index contributed by atoms with van der Waals surface area (Å²) in [5.74, 6) is -2.51. The first-order valence-electron chi connectivity index (χ1n) is 20.7. The second-order valence-electron chi connectivity index (χ2n) is 13.4. The smallest absolute Gasteiger partial charge is 0.326 e. The van der Waals surface area contributed by atoms with Crippen LogP contribution >= 0.6 is 0 Å². The molecule has 0 saturated heterocycles. The molecule has 0 radical (unpaired) electrons. The second kappa shape index (κ2) is 46.1. The van der Waals surface area contributed by atoms with E-state index in [9.17, 15) is 33.9 Å². The van der Waals surface area contributed by atoms with Crippen LogP contribution in [0.1, 0.15) is 156 Å². The molecule has 0 rings (SSSR count). The molecular formula is C41H76N2O13. The summed E-state index contributed by atoms with van der Waals surface area (Å²) in [4.78, 5) is 76.7. The van der Waals surface area contributed by atoms with Crippen molar-refractivity contribution in [2.75, 3.05) is 59.4 Å². The van der Waals surface area contributed by atoms with Gasteiger partial charge in [0.15, 0.2) is 5.78 Å². The largest absolute Gasteiger partial charge is 0.481 e. The molecule has 15 heteroatoms. The predicted molar refractivity (Wildman–Crippen MR) is 215 cm³/mol. The van der Waals surface area contributed by atoms with Crippen molar-refractivity contribution in [3.63, 3.8) is 0 Å². The van der Waals surface area contributed by atoms with E-state index in [4.69, 9.17) is 28.8 Å². The molecule has 0 saturated carbocycles. The van der Waals surface area contributed by atoms with Gasteiger partial charge >= 0.3 is 11.9 Å². The van der Waals surface area contributed by atoms with Gasteiger partial charge in [0.25, 0.3) is 0 Å². The monoisotopic (exact) mass is 805 g/mol. The first-order valence-corrected chi connectivity index (χ1v) is 20.7. The van der Waals surface area contributed by atoms with Crippen LogP contribution in [0.2, 0.25) is 0 Å². The molecule has 0 aromatic heterocycles. The summed E-state index contributed by atoms with van der Waals surface area (Å²) in [7, 11) is 0. The van der Waals surface area contributed by atoms with Crippen LogP contribution in [0.25, 0.3) is 0 Å². The van der Waals surface area contributed by atoms with Crippen molar-refractivity contribution in [2.24, 2.45) is 0 Å². The Kier molecular flexibility index (Phi) is 47.0. The minimum atomic E-state index is -1.14. The number of amides is 2. The molecule has 2 amide bonds. The molecule has 328 valence electrons. The number of carbonyl (C=O) groups is 7. The Labute approximate surface area is 336 Å². The van der Waals surface area contributed by atoms with Crippen molar-refractivity contribution >= 4 is 41.6 Å². The number of unbranched alkanes of at least 4 members (excludes halogenated alkanes) is 12. The first kappa shape index (κ1) is 57.1. The van der Waals surface area contributed by atoms with E-state index < -0.39 is 18.0 Å². The third-order valence-corrected chi connectivity index (χ3v) is 7.94. The standard InChI is InChI=1S/C26H46N2O10.C13H26O2.C2H4O/c1-3-4-5-6-9-24(31)28-23(26(33)34)11-10-22(30)8-7-13-35-15-18-38-20-25(32)27-12-14-36-16-17-37-19-21(2)29;1-2-3-4-5-6-7-8-9-10-11-12-13(14)15;1-2-3/h23H,3-20H2,1-2H3,(H,27,32)(H,28,31)(H,33,34);2-12H2,1H3,(H,14,15);2H,1H3/t23-;;/m0../s1. The number of carbonyl (C=O) groups excluding carboxylic acids is 5. The molecule has 4 N–H and O–H groups in total. The summed E-state index contributed by atoms with van der Waals surface area (Å²) in [6, 6.07) is -1.06. The summed E-state index contributed by atoms with van der Waals surface area (Å²) in [6.45, 7) is 9.30. The van der Waals surface area contributed by atoms with Crippen LogP contribution in [0.15, 0.2) is 0 Å². The van der Waals surface area contributed by atoms with E-state index in [0.717, 1.165) is 44.8 Å². The van der Waals surface area contributed by atoms with E-state index in [-0.39, 0.29) is 69.1 Å². The van der Waals surface area contributed by atoms with Crippen molar-refractivity contribution in [1.29, 1.82) is 0 Å². The van der Waals surface area contributed by atoms with Gasteiger partial charge < -0.3 is 44.6 Å². The maximum absolute atomic E-state index is 12.1. The van der Waals surface area contributed by atoms with Gasteiger partial charge in [0.2, 0.25) is 11.8 Å². The maximum atomic E-state index is 12.1. The minimum Gasteiger partial charge on any atom is -0.481 e. The number of aldehydes is 1. The summed E-state index contributed by atoms with van der Waals surface area (Å²) < 4.78 is 20.9. The quantitative estimate of drug-likeness (QED) is 0.0415. The molecule has 0 aliphatic heterocycles. The number of hydrogen-bond donors (Lipinski definition) is 4. The van der Waals surface area contributed by atoms with E-state index in [0.29, 0.717) is 52.2 Å². The fourth-order valence-corrected chi connectivity index (χ4v) is 4.94. The van der Waals surface area contributed by atoms with Crippen LogP contribution in [0, 0.1) is 0 Å². The molecule has 0 aromatic rings. The highest BCUT2D eigenvalue weighted by atomic mass is 16.5. The number of ketones is 2. The lowest BCUT2D eigenvalue weighted by Gasteiger charge is -2.14. The van der Waals surface area contributed by atoms with Crippen LogP contribution in [0.3, 0.4) is 0 Å². The predicted octanol–water partition coefficient (Wildman–Crippen LogP) is 6.01. The fraction of sp³-hybridized carbons (Fsp3) is 0.829. The van der Waals surface area contributed by atoms with Gasteiger partial charge in [-0.25, -0.2) is 4.79 Å². The lowest BCUT2D eigenvalue weighted by molar-refractivity contribution is -0.142. The third-order valence-electron chi connectivity index (χ3n) is 7.94. The normalized spacial score (nSPS) is 10.9. The zero-order chi connectivity index (χ0) is 42.5. The van der Waals surface area contributed by atoms with E-state index in [1.807, 2.05) is 0 Å². The third kappa shape index (κ3) is 50.7. The van der Waals surface area contributed by atoms with E-state index >= 15 is 0 Å². The highest BCUT2D eigenvalue weighted by molar-refractivity contribution is 5.84.